The van der Waals surface area contributed by atoms with Crippen molar-refractivity contribution in [2.24, 2.45) is 5.41 Å². The van der Waals surface area contributed by atoms with Crippen molar-refractivity contribution >= 4 is 11.6 Å². The van der Waals surface area contributed by atoms with E-state index in [0.29, 0.717) is 5.41 Å². The summed E-state index contributed by atoms with van der Waals surface area (Å²) in [5, 5.41) is 3.50. The highest BCUT2D eigenvalue weighted by Gasteiger charge is 2.16. The Hall–Kier alpha value is -0.730. The zero-order chi connectivity index (χ0) is 13.4. The molecule has 0 amide bonds. The number of methoxy groups -OCH3 is 1. The molecule has 1 N–H and O–H groups in total. The van der Waals surface area contributed by atoms with Gasteiger partial charge in [0.1, 0.15) is 5.75 Å². The Kier molecular flexibility index (Phi) is 6.51. The molecule has 0 saturated heterocycles. The zero-order valence-electron chi connectivity index (χ0n) is 11.6. The van der Waals surface area contributed by atoms with Crippen LogP contribution in [0.2, 0.25) is 0 Å². The quantitative estimate of drug-likeness (QED) is 0.724. The van der Waals surface area contributed by atoms with Gasteiger partial charge in [0.25, 0.3) is 0 Å². The van der Waals surface area contributed by atoms with Crippen LogP contribution in [0, 0.1) is 5.41 Å². The SMILES string of the molecule is COc1ccc(CNCC(C)(C)CCCCl)cc1. The Balaban J connectivity index is 2.31. The van der Waals surface area contributed by atoms with Gasteiger partial charge in [-0.05, 0) is 36.0 Å². The van der Waals surface area contributed by atoms with E-state index in [1.807, 2.05) is 12.1 Å². The van der Waals surface area contributed by atoms with Gasteiger partial charge in [0.2, 0.25) is 0 Å². The van der Waals surface area contributed by atoms with Crippen LogP contribution < -0.4 is 10.1 Å². The summed E-state index contributed by atoms with van der Waals surface area (Å²) < 4.78 is 5.14. The van der Waals surface area contributed by atoms with Gasteiger partial charge >= 0.3 is 0 Å². The number of alkyl halides is 1. The van der Waals surface area contributed by atoms with E-state index in [1.165, 1.54) is 5.56 Å². The van der Waals surface area contributed by atoms with Crippen LogP contribution >= 0.6 is 11.6 Å². The van der Waals surface area contributed by atoms with Crippen molar-refractivity contribution in [2.45, 2.75) is 33.2 Å². The molecule has 1 aromatic carbocycles. The molecule has 0 heterocycles. The standard InChI is InChI=1S/C15H24ClNO/c1-15(2,9-4-10-16)12-17-11-13-5-7-14(18-3)8-6-13/h5-8,17H,4,9-12H2,1-3H3. The molecule has 0 aromatic heterocycles. The highest BCUT2D eigenvalue weighted by atomic mass is 35.5. The number of nitrogens with one attached hydrogen (secondary N) is 1. The highest BCUT2D eigenvalue weighted by Crippen LogP contribution is 2.21. The maximum absolute atomic E-state index is 5.73. The summed E-state index contributed by atoms with van der Waals surface area (Å²) >= 11 is 5.73. The second-order valence-corrected chi connectivity index (χ2v) is 5.79. The summed E-state index contributed by atoms with van der Waals surface area (Å²) in [4.78, 5) is 0. The van der Waals surface area contributed by atoms with Gasteiger partial charge in [-0.15, -0.1) is 11.6 Å². The monoisotopic (exact) mass is 269 g/mol. The van der Waals surface area contributed by atoms with Crippen LogP contribution in [0.5, 0.6) is 5.75 Å². The molecule has 0 aliphatic heterocycles. The number of hydrogen-bond donors (Lipinski definition) is 1. The van der Waals surface area contributed by atoms with Gasteiger partial charge in [0.05, 0.1) is 7.11 Å². The fraction of sp³-hybridized carbons (Fsp3) is 0.600. The Morgan fingerprint density at radius 2 is 1.89 bits per heavy atom. The lowest BCUT2D eigenvalue weighted by Gasteiger charge is -2.24. The topological polar surface area (TPSA) is 21.3 Å². The second-order valence-electron chi connectivity index (χ2n) is 5.41. The van der Waals surface area contributed by atoms with E-state index in [9.17, 15) is 0 Å². The summed E-state index contributed by atoms with van der Waals surface area (Å²) in [5.41, 5.74) is 1.59. The third-order valence-corrected chi connectivity index (χ3v) is 3.35. The zero-order valence-corrected chi connectivity index (χ0v) is 12.4. The lowest BCUT2D eigenvalue weighted by atomic mass is 9.88. The van der Waals surface area contributed by atoms with Crippen LogP contribution in [0.4, 0.5) is 0 Å². The minimum Gasteiger partial charge on any atom is -0.497 e. The normalized spacial score (nSPS) is 11.6. The molecule has 0 saturated carbocycles. The van der Waals surface area contributed by atoms with Crippen molar-refractivity contribution in [3.8, 4) is 5.75 Å². The molecule has 1 rings (SSSR count). The van der Waals surface area contributed by atoms with Crippen LogP contribution in [-0.4, -0.2) is 19.5 Å². The number of benzene rings is 1. The lowest BCUT2D eigenvalue weighted by molar-refractivity contribution is 0.311. The molecule has 0 fully saturated rings. The predicted octanol–water partition coefficient (Wildman–Crippen LogP) is 3.83. The van der Waals surface area contributed by atoms with Crippen LogP contribution in [0.3, 0.4) is 0 Å². The molecular weight excluding hydrogens is 246 g/mol. The maximum Gasteiger partial charge on any atom is 0.118 e. The van der Waals surface area contributed by atoms with Gasteiger partial charge in [0, 0.05) is 19.0 Å². The Morgan fingerprint density at radius 1 is 1.22 bits per heavy atom. The first kappa shape index (κ1) is 15.3. The van der Waals surface area contributed by atoms with E-state index in [0.717, 1.165) is 37.6 Å². The van der Waals surface area contributed by atoms with Gasteiger partial charge in [-0.1, -0.05) is 26.0 Å². The molecule has 0 atom stereocenters. The number of halogens is 1. The molecular formula is C15H24ClNO. The number of hydrogen-bond acceptors (Lipinski definition) is 2. The molecule has 0 bridgehead atoms. The first-order chi connectivity index (χ1) is 8.57. The van der Waals surface area contributed by atoms with Gasteiger partial charge in [-0.3, -0.25) is 0 Å². The smallest absolute Gasteiger partial charge is 0.118 e. The van der Waals surface area contributed by atoms with E-state index in [2.05, 4.69) is 31.3 Å². The van der Waals surface area contributed by atoms with Crippen molar-refractivity contribution in [2.75, 3.05) is 19.5 Å². The first-order valence-corrected chi connectivity index (χ1v) is 7.00. The Labute approximate surface area is 116 Å². The summed E-state index contributed by atoms with van der Waals surface area (Å²) in [7, 11) is 1.69. The van der Waals surface area contributed by atoms with Crippen LogP contribution in [0.1, 0.15) is 32.3 Å². The van der Waals surface area contributed by atoms with Crippen molar-refractivity contribution in [1.82, 2.24) is 5.32 Å². The predicted molar refractivity (Wildman–Crippen MR) is 78.4 cm³/mol. The van der Waals surface area contributed by atoms with Crippen molar-refractivity contribution < 1.29 is 4.74 Å². The molecule has 0 aliphatic rings. The first-order valence-electron chi connectivity index (χ1n) is 6.47. The van der Waals surface area contributed by atoms with Crippen molar-refractivity contribution in [1.29, 1.82) is 0 Å². The average molecular weight is 270 g/mol. The van der Waals surface area contributed by atoms with Crippen LogP contribution in [0.25, 0.3) is 0 Å². The molecule has 2 nitrogen and oxygen atoms in total. The van der Waals surface area contributed by atoms with Gasteiger partial charge in [-0.2, -0.15) is 0 Å². The fourth-order valence-electron chi connectivity index (χ4n) is 1.92. The lowest BCUT2D eigenvalue weighted by Crippen LogP contribution is -2.29. The van der Waals surface area contributed by atoms with Gasteiger partial charge in [-0.25, -0.2) is 0 Å². The molecule has 0 spiro atoms. The van der Waals surface area contributed by atoms with Crippen LogP contribution in [0.15, 0.2) is 24.3 Å². The molecule has 1 aromatic rings. The average Bonchev–Trinajstić information content (AvgIpc) is 2.37. The van der Waals surface area contributed by atoms with Gasteiger partial charge in [0.15, 0.2) is 0 Å². The fourth-order valence-corrected chi connectivity index (χ4v) is 2.06. The summed E-state index contributed by atoms with van der Waals surface area (Å²) in [6, 6.07) is 8.18. The van der Waals surface area contributed by atoms with E-state index in [1.54, 1.807) is 7.11 Å². The maximum atomic E-state index is 5.73. The molecule has 18 heavy (non-hydrogen) atoms. The van der Waals surface area contributed by atoms with E-state index in [-0.39, 0.29) is 0 Å². The summed E-state index contributed by atoms with van der Waals surface area (Å²) in [5.74, 6) is 1.66. The number of rotatable bonds is 8. The Bertz CT molecular complexity index is 335. The highest BCUT2D eigenvalue weighted by molar-refractivity contribution is 6.17. The third-order valence-electron chi connectivity index (χ3n) is 3.08. The summed E-state index contributed by atoms with van der Waals surface area (Å²) in [6.07, 6.45) is 2.24. The van der Waals surface area contributed by atoms with Crippen LogP contribution in [-0.2, 0) is 6.54 Å². The van der Waals surface area contributed by atoms with Crippen molar-refractivity contribution in [3.63, 3.8) is 0 Å². The summed E-state index contributed by atoms with van der Waals surface area (Å²) in [6.45, 7) is 6.46. The number of ether oxygens (including phenoxy) is 1. The third kappa shape index (κ3) is 5.74. The minimum atomic E-state index is 0.307. The van der Waals surface area contributed by atoms with Gasteiger partial charge < -0.3 is 10.1 Å². The Morgan fingerprint density at radius 3 is 2.44 bits per heavy atom. The molecule has 102 valence electrons. The largest absolute Gasteiger partial charge is 0.497 e. The molecule has 0 unspecified atom stereocenters. The van der Waals surface area contributed by atoms with E-state index < -0.39 is 0 Å². The molecule has 0 radical (unpaired) electrons. The van der Waals surface area contributed by atoms with E-state index >= 15 is 0 Å². The second kappa shape index (κ2) is 7.65. The molecule has 0 aliphatic carbocycles. The van der Waals surface area contributed by atoms with Crippen molar-refractivity contribution in [3.05, 3.63) is 29.8 Å². The minimum absolute atomic E-state index is 0.307. The van der Waals surface area contributed by atoms with E-state index in [4.69, 9.17) is 16.3 Å². The molecule has 3 heteroatoms.